The van der Waals surface area contributed by atoms with Crippen molar-refractivity contribution in [3.63, 3.8) is 0 Å². The van der Waals surface area contributed by atoms with Crippen molar-refractivity contribution in [3.05, 3.63) is 46.6 Å². The third kappa shape index (κ3) is 3.08. The van der Waals surface area contributed by atoms with Crippen LogP contribution in [-0.4, -0.2) is 16.1 Å². The lowest BCUT2D eigenvalue weighted by atomic mass is 10.1. The van der Waals surface area contributed by atoms with Crippen molar-refractivity contribution in [3.8, 4) is 11.3 Å². The van der Waals surface area contributed by atoms with E-state index in [1.165, 1.54) is 18.2 Å². The van der Waals surface area contributed by atoms with E-state index in [4.69, 9.17) is 22.4 Å². The van der Waals surface area contributed by atoms with E-state index in [0.29, 0.717) is 5.56 Å². The van der Waals surface area contributed by atoms with Gasteiger partial charge in [0.25, 0.3) is 0 Å². The Hall–Kier alpha value is -2.28. The molecule has 0 aliphatic rings. The maximum absolute atomic E-state index is 12.5. The van der Waals surface area contributed by atoms with Gasteiger partial charge in [0.15, 0.2) is 5.69 Å². The van der Waals surface area contributed by atoms with Crippen LogP contribution in [0.15, 0.2) is 30.3 Å². The van der Waals surface area contributed by atoms with Gasteiger partial charge in [-0.25, -0.2) is 9.78 Å². The largest absolute Gasteiger partial charge is 0.476 e. The average Bonchev–Trinajstić information content (AvgIpc) is 2.40. The Labute approximate surface area is 122 Å². The Balaban J connectivity index is 2.50. The Bertz CT molecular complexity index is 700. The third-order valence-corrected chi connectivity index (χ3v) is 3.09. The summed E-state index contributed by atoms with van der Waals surface area (Å²) in [6, 6.07) is 5.43. The number of rotatable bonds is 2. The highest BCUT2D eigenvalue weighted by atomic mass is 35.5. The number of hydrogen-bond donors (Lipinski definition) is 2. The van der Waals surface area contributed by atoms with Crippen molar-refractivity contribution in [2.24, 2.45) is 0 Å². The smallest absolute Gasteiger partial charge is 0.416 e. The Morgan fingerprint density at radius 1 is 1.24 bits per heavy atom. The zero-order valence-corrected chi connectivity index (χ0v) is 11.0. The number of hydrogen-bond acceptors (Lipinski definition) is 3. The fourth-order valence-corrected chi connectivity index (χ4v) is 1.85. The van der Waals surface area contributed by atoms with Crippen LogP contribution in [0.1, 0.15) is 16.1 Å². The summed E-state index contributed by atoms with van der Waals surface area (Å²) in [6.07, 6.45) is -4.45. The summed E-state index contributed by atoms with van der Waals surface area (Å²) < 4.78 is 37.4. The molecule has 1 aromatic heterocycles. The summed E-state index contributed by atoms with van der Waals surface area (Å²) in [4.78, 5) is 14.8. The molecule has 0 saturated heterocycles. The average molecular weight is 317 g/mol. The Morgan fingerprint density at radius 2 is 1.81 bits per heavy atom. The van der Waals surface area contributed by atoms with Gasteiger partial charge in [-0.1, -0.05) is 23.7 Å². The quantitative estimate of drug-likeness (QED) is 0.885. The first-order valence-electron chi connectivity index (χ1n) is 5.57. The molecule has 21 heavy (non-hydrogen) atoms. The highest BCUT2D eigenvalue weighted by molar-refractivity contribution is 6.35. The molecule has 2 aromatic rings. The van der Waals surface area contributed by atoms with E-state index in [-0.39, 0.29) is 16.4 Å². The normalized spacial score (nSPS) is 11.4. The van der Waals surface area contributed by atoms with Gasteiger partial charge in [-0.05, 0) is 18.2 Å². The number of carboxylic acids is 1. The maximum Gasteiger partial charge on any atom is 0.416 e. The molecule has 8 heteroatoms. The van der Waals surface area contributed by atoms with Crippen molar-refractivity contribution in [2.75, 3.05) is 5.73 Å². The summed E-state index contributed by atoms with van der Waals surface area (Å²) in [5, 5.41) is 8.75. The monoisotopic (exact) mass is 316 g/mol. The topological polar surface area (TPSA) is 76.2 Å². The number of nitrogens with two attached hydrogens (primary N) is 1. The molecule has 0 spiro atoms. The minimum atomic E-state index is -4.45. The van der Waals surface area contributed by atoms with Crippen molar-refractivity contribution in [1.29, 1.82) is 0 Å². The lowest BCUT2D eigenvalue weighted by molar-refractivity contribution is -0.137. The van der Waals surface area contributed by atoms with Gasteiger partial charge in [-0.15, -0.1) is 0 Å². The molecule has 0 fully saturated rings. The summed E-state index contributed by atoms with van der Waals surface area (Å²) >= 11 is 5.72. The minimum absolute atomic E-state index is 0.0148. The molecule has 3 N–H and O–H groups in total. The maximum atomic E-state index is 12.5. The third-order valence-electron chi connectivity index (χ3n) is 2.70. The molecule has 0 aliphatic heterocycles. The van der Waals surface area contributed by atoms with Crippen LogP contribution in [0.25, 0.3) is 11.3 Å². The molecular weight excluding hydrogens is 309 g/mol. The number of halogens is 4. The first-order chi connectivity index (χ1) is 9.70. The number of aromatic nitrogens is 1. The number of benzene rings is 1. The first-order valence-corrected chi connectivity index (χ1v) is 5.95. The fourth-order valence-electron chi connectivity index (χ4n) is 1.67. The highest BCUT2D eigenvalue weighted by Crippen LogP contribution is 2.32. The van der Waals surface area contributed by atoms with Gasteiger partial charge in [0.1, 0.15) is 0 Å². The second kappa shape index (κ2) is 5.25. The predicted octanol–water partition coefficient (Wildman–Crippen LogP) is 3.70. The van der Waals surface area contributed by atoms with Crippen LogP contribution in [-0.2, 0) is 6.18 Å². The molecule has 1 aromatic carbocycles. The second-order valence-electron chi connectivity index (χ2n) is 4.14. The number of aromatic carboxylic acids is 1. The molecule has 0 aliphatic carbocycles. The van der Waals surface area contributed by atoms with E-state index in [1.54, 1.807) is 0 Å². The molecule has 0 saturated carbocycles. The van der Waals surface area contributed by atoms with Crippen LogP contribution >= 0.6 is 11.6 Å². The number of nitrogens with zero attached hydrogens (tertiary/aromatic N) is 1. The minimum Gasteiger partial charge on any atom is -0.476 e. The van der Waals surface area contributed by atoms with Crippen molar-refractivity contribution < 1.29 is 23.1 Å². The van der Waals surface area contributed by atoms with E-state index in [2.05, 4.69) is 4.98 Å². The van der Waals surface area contributed by atoms with Crippen molar-refractivity contribution in [1.82, 2.24) is 4.98 Å². The number of carboxylic acid groups (broad SMARTS) is 1. The van der Waals surface area contributed by atoms with Gasteiger partial charge in [-0.3, -0.25) is 0 Å². The Morgan fingerprint density at radius 3 is 2.29 bits per heavy atom. The number of anilines is 1. The van der Waals surface area contributed by atoms with Crippen molar-refractivity contribution in [2.45, 2.75) is 6.18 Å². The summed E-state index contributed by atoms with van der Waals surface area (Å²) in [5.74, 6) is -1.37. The fraction of sp³-hybridized carbons (Fsp3) is 0.0769. The van der Waals surface area contributed by atoms with Crippen molar-refractivity contribution >= 4 is 23.3 Å². The van der Waals surface area contributed by atoms with Gasteiger partial charge in [0, 0.05) is 5.56 Å². The summed E-state index contributed by atoms with van der Waals surface area (Å²) in [6.45, 7) is 0. The van der Waals surface area contributed by atoms with Crippen LogP contribution in [0.2, 0.25) is 5.02 Å². The molecule has 2 rings (SSSR count). The predicted molar refractivity (Wildman–Crippen MR) is 71.1 cm³/mol. The van der Waals surface area contributed by atoms with Crippen LogP contribution < -0.4 is 5.73 Å². The molecule has 0 unspecified atom stereocenters. The van der Waals surface area contributed by atoms with E-state index in [9.17, 15) is 18.0 Å². The summed E-state index contributed by atoms with van der Waals surface area (Å²) in [5.41, 5.74) is 4.73. The van der Waals surface area contributed by atoms with E-state index >= 15 is 0 Å². The van der Waals surface area contributed by atoms with Gasteiger partial charge in [-0.2, -0.15) is 13.2 Å². The molecule has 0 atom stereocenters. The standard InChI is InChI=1S/C13H8ClF3N2O2/c14-10-8(18)5-9(19-11(10)12(20)21)6-1-3-7(4-2-6)13(15,16)17/h1-5H,(H2,18,19)(H,20,21). The van der Waals surface area contributed by atoms with Crippen LogP contribution in [0.4, 0.5) is 18.9 Å². The number of pyridine rings is 1. The zero-order valence-electron chi connectivity index (χ0n) is 10.3. The van der Waals surface area contributed by atoms with Gasteiger partial charge in [0.05, 0.1) is 22.0 Å². The molecule has 4 nitrogen and oxygen atoms in total. The molecule has 110 valence electrons. The second-order valence-corrected chi connectivity index (χ2v) is 4.52. The van der Waals surface area contributed by atoms with Gasteiger partial charge < -0.3 is 10.8 Å². The molecule has 1 heterocycles. The Kier molecular flexibility index (Phi) is 3.78. The van der Waals surface area contributed by atoms with E-state index < -0.39 is 23.4 Å². The van der Waals surface area contributed by atoms with E-state index in [0.717, 1.165) is 12.1 Å². The molecule has 0 radical (unpaired) electrons. The zero-order chi connectivity index (χ0) is 15.8. The van der Waals surface area contributed by atoms with E-state index in [1.807, 2.05) is 0 Å². The molecule has 0 amide bonds. The molecular formula is C13H8ClF3N2O2. The highest BCUT2D eigenvalue weighted by Gasteiger charge is 2.30. The summed E-state index contributed by atoms with van der Waals surface area (Å²) in [7, 11) is 0. The molecule has 0 bridgehead atoms. The SMILES string of the molecule is Nc1cc(-c2ccc(C(F)(F)F)cc2)nc(C(=O)O)c1Cl. The lowest BCUT2D eigenvalue weighted by Gasteiger charge is -2.09. The van der Waals surface area contributed by atoms with Crippen LogP contribution in [0.3, 0.4) is 0 Å². The van der Waals surface area contributed by atoms with Gasteiger partial charge in [0.2, 0.25) is 0 Å². The lowest BCUT2D eigenvalue weighted by Crippen LogP contribution is -2.06. The van der Waals surface area contributed by atoms with Crippen LogP contribution in [0, 0.1) is 0 Å². The number of carbonyl (C=O) groups is 1. The first kappa shape index (κ1) is 15.1. The van der Waals surface area contributed by atoms with Crippen LogP contribution in [0.5, 0.6) is 0 Å². The van der Waals surface area contributed by atoms with Gasteiger partial charge >= 0.3 is 12.1 Å². The number of nitrogen functional groups attached to an aromatic ring is 1. The number of alkyl halides is 3.